The van der Waals surface area contributed by atoms with E-state index in [1.807, 2.05) is 6.92 Å². The first-order valence-electron chi connectivity index (χ1n) is 7.71. The molecule has 0 spiro atoms. The quantitative estimate of drug-likeness (QED) is 0.733. The molecule has 2 aromatic rings. The van der Waals surface area contributed by atoms with Crippen molar-refractivity contribution in [3.05, 3.63) is 63.6 Å². The van der Waals surface area contributed by atoms with Crippen molar-refractivity contribution in [1.82, 2.24) is 5.32 Å². The van der Waals surface area contributed by atoms with Gasteiger partial charge < -0.3 is 15.4 Å². The van der Waals surface area contributed by atoms with Gasteiger partial charge in [0, 0.05) is 22.8 Å². The van der Waals surface area contributed by atoms with Gasteiger partial charge in [-0.1, -0.05) is 29.3 Å². The van der Waals surface area contributed by atoms with Crippen molar-refractivity contribution in [2.75, 3.05) is 18.5 Å². The fourth-order valence-corrected chi connectivity index (χ4v) is 2.43. The molecule has 0 saturated heterocycles. The molecule has 0 atom stereocenters. The molecule has 0 aliphatic carbocycles. The number of nitrogens with one attached hydrogen (secondary N) is 2. The molecule has 2 rings (SSSR count). The van der Waals surface area contributed by atoms with Gasteiger partial charge in [0.15, 0.2) is 6.61 Å². The van der Waals surface area contributed by atoms with Crippen LogP contribution in [0.15, 0.2) is 42.5 Å². The minimum Gasteiger partial charge on any atom is -0.452 e. The van der Waals surface area contributed by atoms with Gasteiger partial charge in [-0.15, -0.1) is 0 Å². The molecule has 2 amide bonds. The molecule has 0 fully saturated rings. The number of carbonyl (C=O) groups is 3. The summed E-state index contributed by atoms with van der Waals surface area (Å²) < 4.78 is 4.94. The van der Waals surface area contributed by atoms with E-state index in [0.29, 0.717) is 22.8 Å². The molecule has 8 heteroatoms. The number of carbonyl (C=O) groups excluding carboxylic acids is 3. The number of esters is 1. The van der Waals surface area contributed by atoms with E-state index in [-0.39, 0.29) is 16.5 Å². The van der Waals surface area contributed by atoms with Crippen molar-refractivity contribution in [1.29, 1.82) is 0 Å². The Morgan fingerprint density at radius 1 is 1.08 bits per heavy atom. The number of amides is 2. The number of halogens is 2. The first kappa shape index (κ1) is 19.8. The molecule has 0 aromatic heterocycles. The van der Waals surface area contributed by atoms with Gasteiger partial charge >= 0.3 is 5.97 Å². The molecule has 0 aliphatic rings. The Bertz CT molecular complexity index is 840. The standard InChI is InChI=1S/C18H16Cl2N2O4/c1-2-21-17(24)11-4-3-5-13(8-11)22-16(23)10-26-18(25)14-9-12(19)6-7-15(14)20/h3-9H,2,10H2,1H3,(H,21,24)(H,22,23). The van der Waals surface area contributed by atoms with E-state index in [2.05, 4.69) is 10.6 Å². The highest BCUT2D eigenvalue weighted by Crippen LogP contribution is 2.21. The third-order valence-corrected chi connectivity index (χ3v) is 3.79. The Hall–Kier alpha value is -2.57. The van der Waals surface area contributed by atoms with Crippen LogP contribution in [0.3, 0.4) is 0 Å². The molecule has 0 radical (unpaired) electrons. The summed E-state index contributed by atoms with van der Waals surface area (Å²) in [5.74, 6) is -1.56. The SMILES string of the molecule is CCNC(=O)c1cccc(NC(=O)COC(=O)c2cc(Cl)ccc2Cl)c1. The van der Waals surface area contributed by atoms with Crippen LogP contribution in [0.4, 0.5) is 5.69 Å². The van der Waals surface area contributed by atoms with Crippen LogP contribution in [0, 0.1) is 0 Å². The molecule has 6 nitrogen and oxygen atoms in total. The maximum atomic E-state index is 12.0. The van der Waals surface area contributed by atoms with E-state index in [1.54, 1.807) is 18.2 Å². The van der Waals surface area contributed by atoms with Crippen LogP contribution in [0.2, 0.25) is 10.0 Å². The monoisotopic (exact) mass is 394 g/mol. The highest BCUT2D eigenvalue weighted by Gasteiger charge is 2.15. The van der Waals surface area contributed by atoms with Gasteiger partial charge in [-0.05, 0) is 43.3 Å². The van der Waals surface area contributed by atoms with E-state index >= 15 is 0 Å². The van der Waals surface area contributed by atoms with Crippen molar-refractivity contribution in [2.45, 2.75) is 6.92 Å². The molecule has 0 bridgehead atoms. The van der Waals surface area contributed by atoms with E-state index in [1.165, 1.54) is 24.3 Å². The largest absolute Gasteiger partial charge is 0.452 e. The minimum absolute atomic E-state index is 0.0743. The molecule has 2 aromatic carbocycles. The van der Waals surface area contributed by atoms with Crippen LogP contribution in [0.25, 0.3) is 0 Å². The molecule has 0 aliphatic heterocycles. The van der Waals surface area contributed by atoms with Crippen LogP contribution < -0.4 is 10.6 Å². The Balaban J connectivity index is 1.95. The van der Waals surface area contributed by atoms with Gasteiger partial charge in [0.2, 0.25) is 0 Å². The summed E-state index contributed by atoms with van der Waals surface area (Å²) in [6.45, 7) is 1.80. The van der Waals surface area contributed by atoms with E-state index in [4.69, 9.17) is 27.9 Å². The fourth-order valence-electron chi connectivity index (χ4n) is 2.06. The summed E-state index contributed by atoms with van der Waals surface area (Å²) in [7, 11) is 0. The Morgan fingerprint density at radius 3 is 2.58 bits per heavy atom. The summed E-state index contributed by atoms with van der Waals surface area (Å²) >= 11 is 11.7. The second kappa shape index (κ2) is 9.22. The molecule has 0 unspecified atom stereocenters. The third kappa shape index (κ3) is 5.47. The molecular weight excluding hydrogens is 379 g/mol. The normalized spacial score (nSPS) is 10.1. The van der Waals surface area contributed by atoms with E-state index < -0.39 is 18.5 Å². The van der Waals surface area contributed by atoms with E-state index in [0.717, 1.165) is 0 Å². The summed E-state index contributed by atoms with van der Waals surface area (Å²) in [5.41, 5.74) is 0.896. The average molecular weight is 395 g/mol. The number of rotatable bonds is 6. The van der Waals surface area contributed by atoms with Crippen LogP contribution in [-0.4, -0.2) is 30.9 Å². The third-order valence-electron chi connectivity index (χ3n) is 3.23. The summed E-state index contributed by atoms with van der Waals surface area (Å²) in [6, 6.07) is 10.8. The number of hydrogen-bond acceptors (Lipinski definition) is 4. The van der Waals surface area contributed by atoms with Gasteiger partial charge in [0.1, 0.15) is 0 Å². The van der Waals surface area contributed by atoms with Gasteiger partial charge in [-0.25, -0.2) is 4.79 Å². The highest BCUT2D eigenvalue weighted by atomic mass is 35.5. The lowest BCUT2D eigenvalue weighted by molar-refractivity contribution is -0.119. The van der Waals surface area contributed by atoms with Crippen LogP contribution >= 0.6 is 23.2 Å². The van der Waals surface area contributed by atoms with Crippen LogP contribution in [0.1, 0.15) is 27.6 Å². The molecule has 0 heterocycles. The van der Waals surface area contributed by atoms with Crippen molar-refractivity contribution in [3.63, 3.8) is 0 Å². The Morgan fingerprint density at radius 2 is 1.85 bits per heavy atom. The Kier molecular flexibility index (Phi) is 7.00. The predicted molar refractivity (Wildman–Crippen MR) is 99.8 cm³/mol. The predicted octanol–water partition coefficient (Wildman–Crippen LogP) is 3.54. The number of ether oxygens (including phenoxy) is 1. The molecule has 2 N–H and O–H groups in total. The zero-order valence-corrected chi connectivity index (χ0v) is 15.4. The molecule has 136 valence electrons. The van der Waals surface area contributed by atoms with Crippen molar-refractivity contribution in [3.8, 4) is 0 Å². The minimum atomic E-state index is -0.760. The highest BCUT2D eigenvalue weighted by molar-refractivity contribution is 6.35. The molecular formula is C18H16Cl2N2O4. The van der Waals surface area contributed by atoms with Gasteiger partial charge in [-0.3, -0.25) is 9.59 Å². The summed E-state index contributed by atoms with van der Waals surface area (Å²) in [4.78, 5) is 35.7. The first-order chi connectivity index (χ1) is 12.4. The average Bonchev–Trinajstić information content (AvgIpc) is 2.62. The van der Waals surface area contributed by atoms with Crippen LogP contribution in [-0.2, 0) is 9.53 Å². The van der Waals surface area contributed by atoms with Gasteiger partial charge in [0.25, 0.3) is 11.8 Å². The molecule has 0 saturated carbocycles. The lowest BCUT2D eigenvalue weighted by atomic mass is 10.2. The Labute approximate surface area is 160 Å². The number of anilines is 1. The van der Waals surface area contributed by atoms with Gasteiger partial charge in [-0.2, -0.15) is 0 Å². The fraction of sp³-hybridized carbons (Fsp3) is 0.167. The summed E-state index contributed by atoms with van der Waals surface area (Å²) in [6.07, 6.45) is 0. The maximum Gasteiger partial charge on any atom is 0.340 e. The lowest BCUT2D eigenvalue weighted by Gasteiger charge is -2.09. The van der Waals surface area contributed by atoms with Crippen molar-refractivity contribution in [2.24, 2.45) is 0 Å². The second-order valence-electron chi connectivity index (χ2n) is 5.19. The lowest BCUT2D eigenvalue weighted by Crippen LogP contribution is -2.23. The second-order valence-corrected chi connectivity index (χ2v) is 6.03. The zero-order chi connectivity index (χ0) is 19.1. The van der Waals surface area contributed by atoms with Crippen LogP contribution in [0.5, 0.6) is 0 Å². The number of benzene rings is 2. The maximum absolute atomic E-state index is 12.0. The molecule has 26 heavy (non-hydrogen) atoms. The first-order valence-corrected chi connectivity index (χ1v) is 8.46. The number of hydrogen-bond donors (Lipinski definition) is 2. The summed E-state index contributed by atoms with van der Waals surface area (Å²) in [5, 5.41) is 5.73. The topological polar surface area (TPSA) is 84.5 Å². The van der Waals surface area contributed by atoms with E-state index in [9.17, 15) is 14.4 Å². The smallest absolute Gasteiger partial charge is 0.340 e. The van der Waals surface area contributed by atoms with Crippen molar-refractivity contribution < 1.29 is 19.1 Å². The van der Waals surface area contributed by atoms with Crippen molar-refractivity contribution >= 4 is 46.7 Å². The zero-order valence-electron chi connectivity index (χ0n) is 13.8. The van der Waals surface area contributed by atoms with Gasteiger partial charge in [0.05, 0.1) is 10.6 Å².